The smallest absolute Gasteiger partial charge is 0.143 e. The van der Waals surface area contributed by atoms with Gasteiger partial charge < -0.3 is 4.42 Å². The van der Waals surface area contributed by atoms with Crippen LogP contribution in [0.15, 0.2) is 124 Å². The topological polar surface area (TPSA) is 13.1 Å². The van der Waals surface area contributed by atoms with E-state index in [0.29, 0.717) is 0 Å². The number of rotatable bonds is 2. The normalized spacial score (nSPS) is 11.7. The lowest BCUT2D eigenvalue weighted by molar-refractivity contribution is 0.674. The van der Waals surface area contributed by atoms with E-state index >= 15 is 0 Å². The minimum atomic E-state index is 0.936. The van der Waals surface area contributed by atoms with Crippen molar-refractivity contribution in [1.29, 1.82) is 0 Å². The molecule has 0 spiro atoms. The number of para-hydroxylation sites is 1. The summed E-state index contributed by atoms with van der Waals surface area (Å²) in [7, 11) is 0. The molecule has 0 bridgehead atoms. The fourth-order valence-corrected chi connectivity index (χ4v) is 5.59. The summed E-state index contributed by atoms with van der Waals surface area (Å²) >= 11 is 3.60. The van der Waals surface area contributed by atoms with Gasteiger partial charge in [-0.2, -0.15) is 0 Å². The third-order valence-electron chi connectivity index (χ3n) is 6.71. The van der Waals surface area contributed by atoms with Crippen molar-refractivity contribution in [2.75, 3.05) is 0 Å². The lowest BCUT2D eigenvalue weighted by Gasteiger charge is -2.07. The van der Waals surface area contributed by atoms with Crippen LogP contribution in [-0.2, 0) is 0 Å². The molecule has 2 heteroatoms. The molecule has 0 saturated carbocycles. The van der Waals surface area contributed by atoms with Crippen LogP contribution in [0, 0.1) is 0 Å². The average molecular weight is 499 g/mol. The first kappa shape index (κ1) is 19.6. The summed E-state index contributed by atoms with van der Waals surface area (Å²) in [4.78, 5) is 0. The predicted molar refractivity (Wildman–Crippen MR) is 147 cm³/mol. The van der Waals surface area contributed by atoms with Crippen molar-refractivity contribution in [3.63, 3.8) is 0 Å². The van der Waals surface area contributed by atoms with Crippen LogP contribution >= 0.6 is 15.9 Å². The zero-order chi connectivity index (χ0) is 22.6. The van der Waals surface area contributed by atoms with Gasteiger partial charge in [0.2, 0.25) is 0 Å². The monoisotopic (exact) mass is 498 g/mol. The molecule has 0 unspecified atom stereocenters. The maximum atomic E-state index is 6.72. The Hall–Kier alpha value is -3.88. The third kappa shape index (κ3) is 2.92. The van der Waals surface area contributed by atoms with Gasteiger partial charge in [-0.05, 0) is 51.0 Å². The van der Waals surface area contributed by atoms with Crippen molar-refractivity contribution in [2.24, 2.45) is 0 Å². The molecule has 0 atom stereocenters. The van der Waals surface area contributed by atoms with Crippen LogP contribution in [0.3, 0.4) is 0 Å². The SMILES string of the molecule is Brc1cccc(-c2cccc(-c3cccc4c3oc3c5ccccc5c5ccccc5c43)c2)c1. The molecule has 1 aromatic heterocycles. The summed E-state index contributed by atoms with van der Waals surface area (Å²) in [6, 6.07) is 40.8. The highest BCUT2D eigenvalue weighted by Gasteiger charge is 2.18. The van der Waals surface area contributed by atoms with E-state index in [1.165, 1.54) is 32.7 Å². The van der Waals surface area contributed by atoms with Crippen LogP contribution in [0.25, 0.3) is 65.7 Å². The van der Waals surface area contributed by atoms with Gasteiger partial charge in [0.15, 0.2) is 0 Å². The molecular formula is C32H19BrO. The summed E-state index contributed by atoms with van der Waals surface area (Å²) in [5.74, 6) is 0. The zero-order valence-electron chi connectivity index (χ0n) is 18.3. The van der Waals surface area contributed by atoms with Crippen molar-refractivity contribution in [3.8, 4) is 22.3 Å². The van der Waals surface area contributed by atoms with E-state index in [2.05, 4.69) is 131 Å². The lowest BCUT2D eigenvalue weighted by atomic mass is 9.95. The molecule has 1 nitrogen and oxygen atoms in total. The van der Waals surface area contributed by atoms with Gasteiger partial charge in [0.25, 0.3) is 0 Å². The summed E-state index contributed by atoms with van der Waals surface area (Å²) < 4.78 is 7.79. The molecule has 6 aromatic carbocycles. The van der Waals surface area contributed by atoms with Crippen LogP contribution < -0.4 is 0 Å². The fraction of sp³-hybridized carbons (Fsp3) is 0. The Balaban J connectivity index is 1.55. The van der Waals surface area contributed by atoms with E-state index in [1.807, 2.05) is 0 Å². The number of fused-ring (bicyclic) bond motifs is 8. The first-order valence-corrected chi connectivity index (χ1v) is 12.2. The van der Waals surface area contributed by atoms with E-state index in [0.717, 1.165) is 37.5 Å². The second-order valence-corrected chi connectivity index (χ2v) is 9.59. The third-order valence-corrected chi connectivity index (χ3v) is 7.20. The Labute approximate surface area is 205 Å². The summed E-state index contributed by atoms with van der Waals surface area (Å²) in [5.41, 5.74) is 6.52. The minimum absolute atomic E-state index is 0.936. The first-order valence-electron chi connectivity index (χ1n) is 11.4. The summed E-state index contributed by atoms with van der Waals surface area (Å²) in [6.45, 7) is 0. The molecule has 0 N–H and O–H groups in total. The molecular weight excluding hydrogens is 480 g/mol. The van der Waals surface area contributed by atoms with Crippen LogP contribution in [0.1, 0.15) is 0 Å². The molecule has 1 heterocycles. The molecule has 0 saturated heterocycles. The van der Waals surface area contributed by atoms with Gasteiger partial charge in [0, 0.05) is 26.2 Å². The Morgan fingerprint density at radius 1 is 0.441 bits per heavy atom. The molecule has 34 heavy (non-hydrogen) atoms. The lowest BCUT2D eigenvalue weighted by Crippen LogP contribution is -1.82. The van der Waals surface area contributed by atoms with Gasteiger partial charge in [-0.1, -0.05) is 113 Å². The van der Waals surface area contributed by atoms with Crippen molar-refractivity contribution >= 4 is 59.4 Å². The Bertz CT molecular complexity index is 1880. The van der Waals surface area contributed by atoms with Gasteiger partial charge in [-0.25, -0.2) is 0 Å². The molecule has 0 aliphatic heterocycles. The second-order valence-electron chi connectivity index (χ2n) is 8.67. The second kappa shape index (κ2) is 7.58. The van der Waals surface area contributed by atoms with Crippen molar-refractivity contribution < 1.29 is 4.42 Å². The minimum Gasteiger partial charge on any atom is -0.455 e. The van der Waals surface area contributed by atoms with Gasteiger partial charge in [-0.3, -0.25) is 0 Å². The van der Waals surface area contributed by atoms with E-state index in [9.17, 15) is 0 Å². The largest absolute Gasteiger partial charge is 0.455 e. The van der Waals surface area contributed by atoms with Gasteiger partial charge in [-0.15, -0.1) is 0 Å². The van der Waals surface area contributed by atoms with Gasteiger partial charge in [0.05, 0.1) is 0 Å². The highest BCUT2D eigenvalue weighted by molar-refractivity contribution is 9.10. The molecule has 0 radical (unpaired) electrons. The Kier molecular flexibility index (Phi) is 4.36. The number of furan rings is 1. The molecule has 0 fully saturated rings. The number of hydrogen-bond donors (Lipinski definition) is 0. The Morgan fingerprint density at radius 2 is 1.03 bits per heavy atom. The van der Waals surface area contributed by atoms with Crippen molar-refractivity contribution in [3.05, 3.63) is 120 Å². The molecule has 7 aromatic rings. The molecule has 7 rings (SSSR count). The maximum absolute atomic E-state index is 6.72. The van der Waals surface area contributed by atoms with Crippen LogP contribution in [0.5, 0.6) is 0 Å². The summed E-state index contributed by atoms with van der Waals surface area (Å²) in [5, 5.41) is 7.21. The number of halogens is 1. The molecule has 160 valence electrons. The van der Waals surface area contributed by atoms with E-state index in [1.54, 1.807) is 0 Å². The van der Waals surface area contributed by atoms with E-state index in [-0.39, 0.29) is 0 Å². The van der Waals surface area contributed by atoms with E-state index in [4.69, 9.17) is 4.42 Å². The Morgan fingerprint density at radius 3 is 1.82 bits per heavy atom. The maximum Gasteiger partial charge on any atom is 0.143 e. The summed E-state index contributed by atoms with van der Waals surface area (Å²) in [6.07, 6.45) is 0. The number of hydrogen-bond acceptors (Lipinski definition) is 1. The fourth-order valence-electron chi connectivity index (χ4n) is 5.19. The van der Waals surface area contributed by atoms with Gasteiger partial charge in [0.1, 0.15) is 11.2 Å². The zero-order valence-corrected chi connectivity index (χ0v) is 19.8. The van der Waals surface area contributed by atoms with Crippen LogP contribution in [0.4, 0.5) is 0 Å². The van der Waals surface area contributed by atoms with Gasteiger partial charge >= 0.3 is 0 Å². The van der Waals surface area contributed by atoms with Crippen LogP contribution in [-0.4, -0.2) is 0 Å². The van der Waals surface area contributed by atoms with Crippen molar-refractivity contribution in [2.45, 2.75) is 0 Å². The predicted octanol–water partition coefficient (Wildman–Crippen LogP) is 9.99. The van der Waals surface area contributed by atoms with E-state index < -0.39 is 0 Å². The highest BCUT2D eigenvalue weighted by Crippen LogP contribution is 2.43. The highest BCUT2D eigenvalue weighted by atomic mass is 79.9. The molecule has 0 aliphatic rings. The van der Waals surface area contributed by atoms with Crippen molar-refractivity contribution in [1.82, 2.24) is 0 Å². The molecule has 0 amide bonds. The van der Waals surface area contributed by atoms with Crippen LogP contribution in [0.2, 0.25) is 0 Å². The average Bonchev–Trinajstić information content (AvgIpc) is 3.29. The quantitative estimate of drug-likeness (QED) is 0.216. The standard InChI is InChI=1S/C32H19BrO/c33-23-11-6-9-21(19-23)20-8-5-10-22(18-20)24-16-7-17-29-30-27-14-3-1-12-25(27)26-13-2-4-15-28(26)32(30)34-31(24)29/h1-19H. The molecule has 0 aliphatic carbocycles. The first-order chi connectivity index (χ1) is 16.8. The number of benzene rings is 6.